The summed E-state index contributed by atoms with van der Waals surface area (Å²) in [5.74, 6) is -0.981. The fourth-order valence-electron chi connectivity index (χ4n) is 2.50. The van der Waals surface area contributed by atoms with E-state index in [9.17, 15) is 14.4 Å². The van der Waals surface area contributed by atoms with Gasteiger partial charge in [-0.25, -0.2) is 0 Å². The van der Waals surface area contributed by atoms with Crippen LogP contribution < -0.4 is 0 Å². The molecule has 0 saturated carbocycles. The van der Waals surface area contributed by atoms with Gasteiger partial charge in [-0.05, 0) is 74.7 Å². The van der Waals surface area contributed by atoms with Crippen LogP contribution >= 0.6 is 11.6 Å². The molecule has 166 valence electrons. The number of hydrogen-bond acceptors (Lipinski definition) is 6. The van der Waals surface area contributed by atoms with Gasteiger partial charge in [0.1, 0.15) is 18.5 Å². The lowest BCUT2D eigenvalue weighted by Crippen LogP contribution is -2.44. The lowest BCUT2D eigenvalue weighted by Gasteiger charge is -2.33. The Labute approximate surface area is 179 Å². The molecule has 7 heteroatoms. The van der Waals surface area contributed by atoms with E-state index in [0.29, 0.717) is 19.3 Å². The molecule has 0 aromatic heterocycles. The van der Waals surface area contributed by atoms with E-state index in [2.05, 4.69) is 0 Å². The molecule has 0 fully saturated rings. The number of esters is 2. The molecule has 0 unspecified atom stereocenters. The van der Waals surface area contributed by atoms with Gasteiger partial charge in [-0.3, -0.25) is 14.4 Å². The highest BCUT2D eigenvalue weighted by Crippen LogP contribution is 2.28. The van der Waals surface area contributed by atoms with Gasteiger partial charge in [0.15, 0.2) is 0 Å². The molecule has 0 amide bonds. The van der Waals surface area contributed by atoms with Crippen molar-refractivity contribution in [3.63, 3.8) is 0 Å². The minimum Gasteiger partial charge on any atom is -0.487 e. The highest BCUT2D eigenvalue weighted by atomic mass is 35.5. The molecule has 0 N–H and O–H groups in total. The average Bonchev–Trinajstić information content (AvgIpc) is 2.52. The molecule has 1 aliphatic heterocycles. The summed E-state index contributed by atoms with van der Waals surface area (Å²) >= 11 is 6.25. The van der Waals surface area contributed by atoms with Gasteiger partial charge in [-0.15, -0.1) is 11.6 Å². The Balaban J connectivity index is 2.92. The third kappa shape index (κ3) is 8.77. The predicted molar refractivity (Wildman–Crippen MR) is 111 cm³/mol. The Bertz CT molecular complexity index is 646. The van der Waals surface area contributed by atoms with Crippen molar-refractivity contribution in [3.8, 4) is 0 Å². The van der Waals surface area contributed by atoms with E-state index in [4.69, 9.17) is 25.8 Å². The third-order valence-electron chi connectivity index (χ3n) is 4.29. The number of carbonyl (C=O) groups excluding carboxylic acids is 3. The monoisotopic (exact) mass is 430 g/mol. The highest BCUT2D eigenvalue weighted by molar-refractivity contribution is 6.23. The summed E-state index contributed by atoms with van der Waals surface area (Å²) < 4.78 is 16.7. The number of alkyl halides is 1. The van der Waals surface area contributed by atoms with Crippen LogP contribution in [0, 0.1) is 10.8 Å². The zero-order valence-electron chi connectivity index (χ0n) is 18.9. The molecule has 1 aliphatic rings. The van der Waals surface area contributed by atoms with Crippen LogP contribution in [0.4, 0.5) is 0 Å². The maximum Gasteiger partial charge on any atom is 0.312 e. The van der Waals surface area contributed by atoms with E-state index in [-0.39, 0.29) is 23.0 Å². The lowest BCUT2D eigenvalue weighted by molar-refractivity contribution is -0.172. The number of hydrogen-bond donors (Lipinski definition) is 0. The number of halogens is 1. The van der Waals surface area contributed by atoms with Gasteiger partial charge in [0, 0.05) is 11.0 Å². The zero-order valence-corrected chi connectivity index (χ0v) is 19.6. The van der Waals surface area contributed by atoms with Gasteiger partial charge in [0.25, 0.3) is 0 Å². The topological polar surface area (TPSA) is 78.9 Å². The van der Waals surface area contributed by atoms with Crippen LogP contribution in [0.5, 0.6) is 0 Å². The second-order valence-electron chi connectivity index (χ2n) is 10.2. The Morgan fingerprint density at radius 1 is 1.03 bits per heavy atom. The summed E-state index contributed by atoms with van der Waals surface area (Å²) in [7, 11) is 0. The van der Waals surface area contributed by atoms with Crippen LogP contribution in [0.3, 0.4) is 0 Å². The molecule has 0 radical (unpaired) electrons. The number of ketones is 1. The second kappa shape index (κ2) is 9.50. The lowest BCUT2D eigenvalue weighted by atomic mass is 9.95. The van der Waals surface area contributed by atoms with Crippen molar-refractivity contribution in [2.45, 2.75) is 91.7 Å². The van der Waals surface area contributed by atoms with Crippen LogP contribution in [0.2, 0.25) is 0 Å². The van der Waals surface area contributed by atoms with E-state index in [1.165, 1.54) is 6.08 Å². The smallest absolute Gasteiger partial charge is 0.312 e. The maximum atomic E-state index is 12.7. The minimum atomic E-state index is -1.03. The van der Waals surface area contributed by atoms with Crippen LogP contribution in [0.15, 0.2) is 11.8 Å². The van der Waals surface area contributed by atoms with Crippen molar-refractivity contribution in [2.75, 3.05) is 6.61 Å². The van der Waals surface area contributed by atoms with Crippen molar-refractivity contribution >= 4 is 29.3 Å². The molecular formula is C22H35ClO6. The first kappa shape index (κ1) is 25.5. The van der Waals surface area contributed by atoms with E-state index >= 15 is 0 Å². The quantitative estimate of drug-likeness (QED) is 0.434. The molecule has 0 aromatic carbocycles. The summed E-state index contributed by atoms with van der Waals surface area (Å²) in [6, 6.07) is 0. The molecular weight excluding hydrogens is 396 g/mol. The first-order chi connectivity index (χ1) is 13.0. The van der Waals surface area contributed by atoms with E-state index in [1.54, 1.807) is 41.5 Å². The van der Waals surface area contributed by atoms with Gasteiger partial charge in [0.2, 0.25) is 11.9 Å². The van der Waals surface area contributed by atoms with Crippen LogP contribution in [0.1, 0.15) is 74.7 Å². The third-order valence-corrected chi connectivity index (χ3v) is 4.48. The van der Waals surface area contributed by atoms with Gasteiger partial charge in [-0.1, -0.05) is 0 Å². The highest BCUT2D eigenvalue weighted by Gasteiger charge is 2.39. The second-order valence-corrected chi connectivity index (χ2v) is 11.2. The molecule has 1 rings (SSSR count). The maximum absolute atomic E-state index is 12.7. The number of ether oxygens (including phenoxy) is 3. The van der Waals surface area contributed by atoms with E-state index in [1.807, 2.05) is 13.8 Å². The molecule has 2 atom stereocenters. The van der Waals surface area contributed by atoms with Crippen molar-refractivity contribution in [1.82, 2.24) is 0 Å². The SMILES string of the molecule is CC(C)(Cl)CCC[C@@H]1OC(COC(=O)C(C)(C)C)=CC(=O)[C@@H]1OC(=O)C(C)(C)C. The molecule has 0 bridgehead atoms. The van der Waals surface area contributed by atoms with Crippen molar-refractivity contribution in [3.05, 3.63) is 11.8 Å². The van der Waals surface area contributed by atoms with Gasteiger partial charge in [0.05, 0.1) is 10.8 Å². The Morgan fingerprint density at radius 3 is 2.07 bits per heavy atom. The van der Waals surface area contributed by atoms with Crippen LogP contribution in [0.25, 0.3) is 0 Å². The molecule has 1 heterocycles. The largest absolute Gasteiger partial charge is 0.487 e. The summed E-state index contributed by atoms with van der Waals surface area (Å²) in [4.78, 5) is 36.6. The Morgan fingerprint density at radius 2 is 1.59 bits per heavy atom. The molecule has 0 aliphatic carbocycles. The summed E-state index contributed by atoms with van der Waals surface area (Å²) in [6.45, 7) is 14.1. The standard InChI is InChI=1S/C22H35ClO6/c1-20(2,3)18(25)27-13-14-12-15(24)17(29-19(26)21(4,5)6)16(28-14)10-9-11-22(7,8)23/h12,16-17H,9-11,13H2,1-8H3/t16-,17-/m0/s1. The fourth-order valence-corrected chi connectivity index (χ4v) is 2.64. The van der Waals surface area contributed by atoms with Crippen molar-refractivity contribution in [1.29, 1.82) is 0 Å². The molecule has 29 heavy (non-hydrogen) atoms. The van der Waals surface area contributed by atoms with Gasteiger partial charge in [-0.2, -0.15) is 0 Å². The van der Waals surface area contributed by atoms with Gasteiger partial charge < -0.3 is 14.2 Å². The minimum absolute atomic E-state index is 0.140. The molecule has 6 nitrogen and oxygen atoms in total. The first-order valence-electron chi connectivity index (χ1n) is 9.99. The number of rotatable bonds is 7. The molecule has 0 spiro atoms. The summed E-state index contributed by atoms with van der Waals surface area (Å²) in [5, 5.41) is 0. The van der Waals surface area contributed by atoms with Gasteiger partial charge >= 0.3 is 11.9 Å². The fraction of sp³-hybridized carbons (Fsp3) is 0.773. The first-order valence-corrected chi connectivity index (χ1v) is 10.4. The number of carbonyl (C=O) groups is 3. The summed E-state index contributed by atoms with van der Waals surface area (Å²) in [5.41, 5.74) is -1.40. The average molecular weight is 431 g/mol. The van der Waals surface area contributed by atoms with Crippen LogP contribution in [-0.2, 0) is 28.6 Å². The van der Waals surface area contributed by atoms with Crippen LogP contribution in [-0.4, -0.2) is 41.4 Å². The molecule has 0 aromatic rings. The Hall–Kier alpha value is -1.56. The Kier molecular flexibility index (Phi) is 8.35. The summed E-state index contributed by atoms with van der Waals surface area (Å²) in [6.07, 6.45) is 1.45. The predicted octanol–water partition coefficient (Wildman–Crippen LogP) is 4.57. The zero-order chi connectivity index (χ0) is 22.6. The van der Waals surface area contributed by atoms with Crippen molar-refractivity contribution < 1.29 is 28.6 Å². The van der Waals surface area contributed by atoms with Crippen molar-refractivity contribution in [2.24, 2.45) is 10.8 Å². The van der Waals surface area contributed by atoms with E-state index < -0.39 is 35.0 Å². The molecule has 0 saturated heterocycles. The normalized spacial score (nSPS) is 20.6. The van der Waals surface area contributed by atoms with E-state index in [0.717, 1.165) is 0 Å².